The number of hydrogen-bond acceptors (Lipinski definition) is 1. The summed E-state index contributed by atoms with van der Waals surface area (Å²) in [6.45, 7) is 0.962. The van der Waals surface area contributed by atoms with Crippen molar-refractivity contribution in [2.24, 2.45) is 0 Å². The first kappa shape index (κ1) is 7.68. The second-order valence-electron chi connectivity index (χ2n) is 2.97. The van der Waals surface area contributed by atoms with E-state index in [1.165, 1.54) is 12.1 Å². The minimum absolute atomic E-state index is 0.222. The molecule has 3 heteroatoms. The van der Waals surface area contributed by atoms with E-state index < -0.39 is 11.6 Å². The summed E-state index contributed by atoms with van der Waals surface area (Å²) in [5, 5.41) is 3.12. The summed E-state index contributed by atoms with van der Waals surface area (Å²) in [6.07, 6.45) is 1.01. The quantitative estimate of drug-likeness (QED) is 0.678. The van der Waals surface area contributed by atoms with Crippen LogP contribution in [0.15, 0.2) is 18.2 Å². The summed E-state index contributed by atoms with van der Waals surface area (Å²) >= 11 is 0. The van der Waals surface area contributed by atoms with Gasteiger partial charge in [-0.2, -0.15) is 0 Å². The van der Waals surface area contributed by atoms with E-state index >= 15 is 0 Å². The topological polar surface area (TPSA) is 12.0 Å². The minimum atomic E-state index is -0.780. The molecule has 1 aliphatic rings. The van der Waals surface area contributed by atoms with Crippen LogP contribution in [0.2, 0.25) is 0 Å². The van der Waals surface area contributed by atoms with Gasteiger partial charge < -0.3 is 5.32 Å². The van der Waals surface area contributed by atoms with Crippen molar-refractivity contribution in [3.8, 4) is 0 Å². The van der Waals surface area contributed by atoms with Crippen LogP contribution < -0.4 is 5.32 Å². The highest BCUT2D eigenvalue weighted by molar-refractivity contribution is 5.22. The van der Waals surface area contributed by atoms with Crippen LogP contribution in [-0.4, -0.2) is 6.54 Å². The average molecular weight is 169 g/mol. The van der Waals surface area contributed by atoms with Crippen molar-refractivity contribution in [3.63, 3.8) is 0 Å². The van der Waals surface area contributed by atoms with Gasteiger partial charge >= 0.3 is 0 Å². The molecular formula is C9H9F2N. The van der Waals surface area contributed by atoms with Crippen LogP contribution in [0.3, 0.4) is 0 Å². The normalized spacial score (nSPS) is 22.0. The van der Waals surface area contributed by atoms with Crippen molar-refractivity contribution in [1.82, 2.24) is 5.32 Å². The third-order valence-corrected chi connectivity index (χ3v) is 2.17. The zero-order valence-corrected chi connectivity index (χ0v) is 6.48. The van der Waals surface area contributed by atoms with Crippen LogP contribution in [0.4, 0.5) is 8.78 Å². The Hall–Kier alpha value is -0.960. The predicted octanol–water partition coefficient (Wildman–Crippen LogP) is 2.00. The summed E-state index contributed by atoms with van der Waals surface area (Å²) in [5.74, 6) is -1.54. The second-order valence-corrected chi connectivity index (χ2v) is 2.97. The van der Waals surface area contributed by atoms with Gasteiger partial charge in [0.05, 0.1) is 0 Å². The molecule has 1 nitrogen and oxygen atoms in total. The van der Waals surface area contributed by atoms with E-state index in [9.17, 15) is 8.78 Å². The van der Waals surface area contributed by atoms with Gasteiger partial charge in [0.1, 0.15) is 0 Å². The molecule has 0 saturated carbocycles. The van der Waals surface area contributed by atoms with Crippen LogP contribution in [0.25, 0.3) is 0 Å². The molecule has 1 N–H and O–H groups in total. The summed E-state index contributed by atoms with van der Waals surface area (Å²) in [5.41, 5.74) is 0.833. The van der Waals surface area contributed by atoms with E-state index in [1.807, 2.05) is 0 Å². The fraction of sp³-hybridized carbons (Fsp3) is 0.333. The molecule has 1 aromatic carbocycles. The Morgan fingerprint density at radius 3 is 2.50 bits per heavy atom. The van der Waals surface area contributed by atoms with Gasteiger partial charge in [-0.15, -0.1) is 0 Å². The summed E-state index contributed by atoms with van der Waals surface area (Å²) in [7, 11) is 0. The smallest absolute Gasteiger partial charge is 0.159 e. The van der Waals surface area contributed by atoms with Gasteiger partial charge in [-0.25, -0.2) is 8.78 Å². The third-order valence-electron chi connectivity index (χ3n) is 2.17. The Labute approximate surface area is 69.4 Å². The zero-order chi connectivity index (χ0) is 8.55. The summed E-state index contributed by atoms with van der Waals surface area (Å²) in [6, 6.07) is 4.27. The first-order valence-electron chi connectivity index (χ1n) is 3.96. The Morgan fingerprint density at radius 1 is 1.25 bits per heavy atom. The van der Waals surface area contributed by atoms with Crippen LogP contribution in [0, 0.1) is 11.6 Å². The lowest BCUT2D eigenvalue weighted by molar-refractivity contribution is 0.380. The summed E-state index contributed by atoms with van der Waals surface area (Å²) in [4.78, 5) is 0. The molecule has 1 aliphatic heterocycles. The molecule has 1 heterocycles. The molecule has 1 saturated heterocycles. The van der Waals surface area contributed by atoms with Gasteiger partial charge in [-0.05, 0) is 30.7 Å². The Kier molecular flexibility index (Phi) is 1.81. The van der Waals surface area contributed by atoms with Crippen LogP contribution in [0.5, 0.6) is 0 Å². The number of nitrogens with one attached hydrogen (secondary N) is 1. The largest absolute Gasteiger partial charge is 0.310 e. The van der Waals surface area contributed by atoms with Crippen LogP contribution >= 0.6 is 0 Å². The molecule has 64 valence electrons. The Bertz CT molecular complexity index is 295. The highest BCUT2D eigenvalue weighted by Crippen LogP contribution is 2.23. The molecule has 0 unspecified atom stereocenters. The molecule has 0 spiro atoms. The van der Waals surface area contributed by atoms with E-state index in [4.69, 9.17) is 0 Å². The second kappa shape index (κ2) is 2.83. The SMILES string of the molecule is Fc1ccc([C@H]2CCN2)cc1F. The first-order chi connectivity index (χ1) is 5.77. The van der Waals surface area contributed by atoms with Crippen molar-refractivity contribution < 1.29 is 8.78 Å². The van der Waals surface area contributed by atoms with Crippen molar-refractivity contribution in [2.45, 2.75) is 12.5 Å². The van der Waals surface area contributed by atoms with Gasteiger partial charge in [0.15, 0.2) is 11.6 Å². The molecular weight excluding hydrogens is 160 g/mol. The third kappa shape index (κ3) is 1.20. The predicted molar refractivity (Wildman–Crippen MR) is 41.7 cm³/mol. The van der Waals surface area contributed by atoms with Crippen LogP contribution in [0.1, 0.15) is 18.0 Å². The molecule has 1 fully saturated rings. The molecule has 1 atom stereocenters. The van der Waals surface area contributed by atoms with E-state index in [1.54, 1.807) is 6.07 Å². The molecule has 1 aromatic rings. The maximum absolute atomic E-state index is 12.7. The van der Waals surface area contributed by atoms with Gasteiger partial charge in [0, 0.05) is 6.04 Å². The maximum Gasteiger partial charge on any atom is 0.159 e. The number of hydrogen-bond donors (Lipinski definition) is 1. The molecule has 12 heavy (non-hydrogen) atoms. The molecule has 0 amide bonds. The van der Waals surface area contributed by atoms with Crippen molar-refractivity contribution in [3.05, 3.63) is 35.4 Å². The fourth-order valence-electron chi connectivity index (χ4n) is 1.30. The molecule has 2 rings (SSSR count). The average Bonchev–Trinajstić information content (AvgIpc) is 1.93. The van der Waals surface area contributed by atoms with Crippen molar-refractivity contribution in [1.29, 1.82) is 0 Å². The highest BCUT2D eigenvalue weighted by Gasteiger charge is 2.19. The molecule has 0 bridgehead atoms. The van der Waals surface area contributed by atoms with Crippen LogP contribution in [-0.2, 0) is 0 Å². The highest BCUT2D eigenvalue weighted by atomic mass is 19.2. The standard InChI is InChI=1S/C9H9F2N/c10-7-2-1-6(5-8(7)11)9-3-4-12-9/h1-2,5,9,12H,3-4H2/t9-/m1/s1. The maximum atomic E-state index is 12.7. The van der Waals surface area contributed by atoms with E-state index in [2.05, 4.69) is 5.32 Å². The number of rotatable bonds is 1. The monoisotopic (exact) mass is 169 g/mol. The lowest BCUT2D eigenvalue weighted by Crippen LogP contribution is -2.34. The number of halogens is 2. The lowest BCUT2D eigenvalue weighted by Gasteiger charge is -2.27. The van der Waals surface area contributed by atoms with Gasteiger partial charge in [0.2, 0.25) is 0 Å². The van der Waals surface area contributed by atoms with E-state index in [0.29, 0.717) is 0 Å². The molecule has 0 aliphatic carbocycles. The Morgan fingerprint density at radius 2 is 2.00 bits per heavy atom. The van der Waals surface area contributed by atoms with Gasteiger partial charge in [-0.1, -0.05) is 6.07 Å². The van der Waals surface area contributed by atoms with Gasteiger partial charge in [0.25, 0.3) is 0 Å². The molecule has 0 radical (unpaired) electrons. The van der Waals surface area contributed by atoms with Crippen molar-refractivity contribution >= 4 is 0 Å². The van der Waals surface area contributed by atoms with Gasteiger partial charge in [-0.3, -0.25) is 0 Å². The lowest BCUT2D eigenvalue weighted by atomic mass is 9.98. The fourth-order valence-corrected chi connectivity index (χ4v) is 1.30. The number of benzene rings is 1. The van der Waals surface area contributed by atoms with Crippen molar-refractivity contribution in [2.75, 3.05) is 6.54 Å². The zero-order valence-electron chi connectivity index (χ0n) is 6.48. The minimum Gasteiger partial charge on any atom is -0.310 e. The summed E-state index contributed by atoms with van der Waals surface area (Å²) < 4.78 is 25.2. The first-order valence-corrected chi connectivity index (χ1v) is 3.96. The Balaban J connectivity index is 2.27. The molecule has 0 aromatic heterocycles. The van der Waals surface area contributed by atoms with E-state index in [0.717, 1.165) is 18.5 Å². The van der Waals surface area contributed by atoms with E-state index in [-0.39, 0.29) is 6.04 Å².